The highest BCUT2D eigenvalue weighted by Gasteiger charge is 2.05. The third-order valence-corrected chi connectivity index (χ3v) is 3.85. The van der Waals surface area contributed by atoms with Crippen LogP contribution in [0.4, 0.5) is 0 Å². The standard InChI is InChI=1S/C7H8O2S2/c1-5(8)6-3-4-7(10-6)11(2)9/h3-4H,1-2H3. The van der Waals surface area contributed by atoms with Crippen LogP contribution >= 0.6 is 11.3 Å². The lowest BCUT2D eigenvalue weighted by atomic mass is 10.4. The minimum absolute atomic E-state index is 0.0340. The van der Waals surface area contributed by atoms with E-state index in [4.69, 9.17) is 0 Å². The van der Waals surface area contributed by atoms with Crippen LogP contribution < -0.4 is 0 Å². The van der Waals surface area contributed by atoms with Gasteiger partial charge in [-0.05, 0) is 19.1 Å². The van der Waals surface area contributed by atoms with Gasteiger partial charge in [-0.2, -0.15) is 0 Å². The zero-order chi connectivity index (χ0) is 8.43. The molecule has 0 aliphatic rings. The lowest BCUT2D eigenvalue weighted by Gasteiger charge is -1.85. The van der Waals surface area contributed by atoms with Gasteiger partial charge in [0.05, 0.1) is 19.9 Å². The summed E-state index contributed by atoms with van der Waals surface area (Å²) in [7, 11) is -0.958. The van der Waals surface area contributed by atoms with Crippen LogP contribution in [0.15, 0.2) is 16.3 Å². The molecule has 1 heterocycles. The Kier molecular flexibility index (Phi) is 2.57. The summed E-state index contributed by atoms with van der Waals surface area (Å²) < 4.78 is 11.7. The number of carbonyl (C=O) groups excluding carboxylic acids is 1. The maximum atomic E-state index is 10.9. The highest BCUT2D eigenvalue weighted by atomic mass is 32.2. The summed E-state index contributed by atoms with van der Waals surface area (Å²) in [5, 5.41) is 0. The summed E-state index contributed by atoms with van der Waals surface area (Å²) >= 11 is 1.30. The Hall–Kier alpha value is -0.480. The van der Waals surface area contributed by atoms with Crippen LogP contribution in [0.2, 0.25) is 0 Å². The maximum Gasteiger partial charge on any atom is 0.169 e. The van der Waals surface area contributed by atoms with Crippen molar-refractivity contribution in [2.24, 2.45) is 0 Å². The first kappa shape index (κ1) is 8.62. The molecule has 1 unspecified atom stereocenters. The Balaban J connectivity index is 2.99. The van der Waals surface area contributed by atoms with Crippen LogP contribution in [0.5, 0.6) is 0 Å². The van der Waals surface area contributed by atoms with Gasteiger partial charge in [0.15, 0.2) is 5.78 Å². The molecule has 1 aromatic rings. The molecule has 0 aromatic carbocycles. The molecule has 0 N–H and O–H groups in total. The first-order valence-electron chi connectivity index (χ1n) is 3.05. The molecule has 0 saturated heterocycles. The van der Waals surface area contributed by atoms with Crippen LogP contribution in [0.1, 0.15) is 16.6 Å². The molecule has 0 fully saturated rings. The molecule has 1 aromatic heterocycles. The second kappa shape index (κ2) is 3.28. The van der Waals surface area contributed by atoms with Gasteiger partial charge in [-0.1, -0.05) is 0 Å². The van der Waals surface area contributed by atoms with Crippen LogP contribution in [-0.2, 0) is 10.8 Å². The summed E-state index contributed by atoms with van der Waals surface area (Å²) in [5.74, 6) is 0.0340. The van der Waals surface area contributed by atoms with Crippen molar-refractivity contribution in [2.75, 3.05) is 6.26 Å². The Morgan fingerprint density at radius 3 is 2.45 bits per heavy atom. The SMILES string of the molecule is CC(=O)c1ccc(S(C)=O)s1. The summed E-state index contributed by atoms with van der Waals surface area (Å²) in [5.41, 5.74) is 0. The van der Waals surface area contributed by atoms with E-state index in [0.717, 1.165) is 4.21 Å². The average molecular weight is 188 g/mol. The van der Waals surface area contributed by atoms with E-state index < -0.39 is 10.8 Å². The fourth-order valence-electron chi connectivity index (χ4n) is 0.664. The van der Waals surface area contributed by atoms with Gasteiger partial charge < -0.3 is 0 Å². The van der Waals surface area contributed by atoms with Crippen LogP contribution in [-0.4, -0.2) is 16.2 Å². The predicted octanol–water partition coefficient (Wildman–Crippen LogP) is 1.69. The molecular formula is C7H8O2S2. The van der Waals surface area contributed by atoms with Gasteiger partial charge in [0, 0.05) is 6.26 Å². The minimum Gasteiger partial charge on any atom is -0.294 e. The highest BCUT2D eigenvalue weighted by Crippen LogP contribution is 2.19. The Labute approximate surface area is 71.7 Å². The van der Waals surface area contributed by atoms with Gasteiger partial charge >= 0.3 is 0 Å². The van der Waals surface area contributed by atoms with Crippen LogP contribution in [0, 0.1) is 0 Å². The molecule has 0 spiro atoms. The van der Waals surface area contributed by atoms with Gasteiger partial charge in [0.1, 0.15) is 0 Å². The molecule has 1 atom stereocenters. The van der Waals surface area contributed by atoms with E-state index >= 15 is 0 Å². The number of thiophene rings is 1. The normalized spacial score (nSPS) is 12.9. The van der Waals surface area contributed by atoms with Gasteiger partial charge in [0.2, 0.25) is 0 Å². The van der Waals surface area contributed by atoms with E-state index in [1.165, 1.54) is 18.3 Å². The highest BCUT2D eigenvalue weighted by molar-refractivity contribution is 7.86. The fourth-order valence-corrected chi connectivity index (χ4v) is 2.29. The van der Waals surface area contributed by atoms with Gasteiger partial charge in [-0.25, -0.2) is 0 Å². The van der Waals surface area contributed by atoms with Crippen molar-refractivity contribution in [1.82, 2.24) is 0 Å². The van der Waals surface area contributed by atoms with Crippen molar-refractivity contribution in [3.05, 3.63) is 17.0 Å². The summed E-state index contributed by atoms with van der Waals surface area (Å²) in [6, 6.07) is 3.45. The third kappa shape index (κ3) is 1.97. The fraction of sp³-hybridized carbons (Fsp3) is 0.286. The molecule has 4 heteroatoms. The molecule has 2 nitrogen and oxygen atoms in total. The van der Waals surface area contributed by atoms with Crippen molar-refractivity contribution in [2.45, 2.75) is 11.1 Å². The molecule has 11 heavy (non-hydrogen) atoms. The lowest BCUT2D eigenvalue weighted by molar-refractivity contribution is 0.102. The second-order valence-corrected chi connectivity index (χ2v) is 4.82. The summed E-state index contributed by atoms with van der Waals surface area (Å²) in [4.78, 5) is 11.5. The van der Waals surface area contributed by atoms with Crippen molar-refractivity contribution in [3.8, 4) is 0 Å². The Bertz CT molecular complexity index is 273. The van der Waals surface area contributed by atoms with Gasteiger partial charge in [-0.15, -0.1) is 11.3 Å². The summed E-state index contributed by atoms with van der Waals surface area (Å²) in [6.07, 6.45) is 1.61. The van der Waals surface area contributed by atoms with E-state index in [0.29, 0.717) is 4.88 Å². The van der Waals surface area contributed by atoms with E-state index in [1.54, 1.807) is 18.4 Å². The Morgan fingerprint density at radius 1 is 1.55 bits per heavy atom. The van der Waals surface area contributed by atoms with E-state index in [2.05, 4.69) is 0 Å². The number of hydrogen-bond acceptors (Lipinski definition) is 3. The van der Waals surface area contributed by atoms with Crippen molar-refractivity contribution < 1.29 is 9.00 Å². The molecule has 0 radical (unpaired) electrons. The number of rotatable bonds is 2. The zero-order valence-electron chi connectivity index (χ0n) is 6.29. The molecule has 0 amide bonds. The zero-order valence-corrected chi connectivity index (χ0v) is 7.92. The van der Waals surface area contributed by atoms with E-state index in [-0.39, 0.29) is 5.78 Å². The predicted molar refractivity (Wildman–Crippen MR) is 46.7 cm³/mol. The topological polar surface area (TPSA) is 34.1 Å². The number of Topliss-reactive ketones (excluding diaryl/α,β-unsaturated/α-hetero) is 1. The largest absolute Gasteiger partial charge is 0.294 e. The molecule has 0 aliphatic heterocycles. The van der Waals surface area contributed by atoms with Gasteiger partial charge in [-0.3, -0.25) is 9.00 Å². The maximum absolute atomic E-state index is 10.9. The first-order valence-corrected chi connectivity index (χ1v) is 5.43. The number of ketones is 1. The third-order valence-electron chi connectivity index (χ3n) is 1.21. The van der Waals surface area contributed by atoms with E-state index in [1.807, 2.05) is 0 Å². The summed E-state index contributed by atoms with van der Waals surface area (Å²) in [6.45, 7) is 1.51. The van der Waals surface area contributed by atoms with Crippen molar-refractivity contribution in [3.63, 3.8) is 0 Å². The van der Waals surface area contributed by atoms with Crippen LogP contribution in [0.25, 0.3) is 0 Å². The van der Waals surface area contributed by atoms with Crippen LogP contribution in [0.3, 0.4) is 0 Å². The van der Waals surface area contributed by atoms with E-state index in [9.17, 15) is 9.00 Å². The molecule has 60 valence electrons. The number of hydrogen-bond donors (Lipinski definition) is 0. The van der Waals surface area contributed by atoms with Gasteiger partial charge in [0.25, 0.3) is 0 Å². The second-order valence-electron chi connectivity index (χ2n) is 2.13. The molecular weight excluding hydrogens is 180 g/mol. The smallest absolute Gasteiger partial charge is 0.169 e. The minimum atomic E-state index is -0.958. The molecule has 0 aliphatic carbocycles. The monoisotopic (exact) mass is 188 g/mol. The quantitative estimate of drug-likeness (QED) is 0.662. The Morgan fingerprint density at radius 2 is 2.18 bits per heavy atom. The molecule has 1 rings (SSSR count). The average Bonchev–Trinajstić information content (AvgIpc) is 2.33. The van der Waals surface area contributed by atoms with Crippen molar-refractivity contribution >= 4 is 27.9 Å². The lowest BCUT2D eigenvalue weighted by Crippen LogP contribution is -1.84. The molecule has 0 saturated carbocycles. The molecule has 0 bridgehead atoms. The first-order chi connectivity index (χ1) is 5.11. The van der Waals surface area contributed by atoms with Crippen molar-refractivity contribution in [1.29, 1.82) is 0 Å². The number of carbonyl (C=O) groups is 1.